The molecule has 114 valence electrons. The Hall–Kier alpha value is -1.59. The van der Waals surface area contributed by atoms with Gasteiger partial charge in [-0.25, -0.2) is 0 Å². The predicted octanol–water partition coefficient (Wildman–Crippen LogP) is 4.48. The summed E-state index contributed by atoms with van der Waals surface area (Å²) < 4.78 is 5.33. The lowest BCUT2D eigenvalue weighted by molar-refractivity contribution is 0.226. The molecular formula is C17H16ClNO2S. The van der Waals surface area contributed by atoms with Gasteiger partial charge >= 0.3 is 0 Å². The number of hydrogen-bond donors (Lipinski definition) is 2. The van der Waals surface area contributed by atoms with Gasteiger partial charge in [-0.2, -0.15) is 0 Å². The van der Waals surface area contributed by atoms with E-state index in [1.165, 1.54) is 4.88 Å². The molecule has 0 aliphatic rings. The van der Waals surface area contributed by atoms with Gasteiger partial charge in [-0.3, -0.25) is 0 Å². The van der Waals surface area contributed by atoms with Crippen LogP contribution in [0.25, 0.3) is 10.4 Å². The second-order valence-electron chi connectivity index (χ2n) is 4.88. The molecule has 0 aliphatic heterocycles. The second kappa shape index (κ2) is 7.11. The highest BCUT2D eigenvalue weighted by Crippen LogP contribution is 2.33. The van der Waals surface area contributed by atoms with Gasteiger partial charge < -0.3 is 14.8 Å². The van der Waals surface area contributed by atoms with E-state index in [4.69, 9.17) is 16.0 Å². The van der Waals surface area contributed by atoms with Crippen LogP contribution in [0.2, 0.25) is 5.02 Å². The van der Waals surface area contributed by atoms with Gasteiger partial charge in [0.2, 0.25) is 0 Å². The molecule has 0 saturated carbocycles. The second-order valence-corrected chi connectivity index (χ2v) is 6.45. The summed E-state index contributed by atoms with van der Waals surface area (Å²) in [5, 5.41) is 13.5. The first-order valence-electron chi connectivity index (χ1n) is 6.99. The summed E-state index contributed by atoms with van der Waals surface area (Å²) in [6, 6.07) is 15.5. The molecular weight excluding hydrogens is 318 g/mol. The van der Waals surface area contributed by atoms with Crippen LogP contribution in [0, 0.1) is 0 Å². The molecule has 2 N–H and O–H groups in total. The first kappa shape index (κ1) is 15.3. The van der Waals surface area contributed by atoms with Gasteiger partial charge in [0, 0.05) is 26.9 Å². The fourth-order valence-electron chi connectivity index (χ4n) is 2.25. The van der Waals surface area contributed by atoms with E-state index in [1.54, 1.807) is 17.6 Å². The zero-order chi connectivity index (χ0) is 15.4. The molecule has 1 unspecified atom stereocenters. The fourth-order valence-corrected chi connectivity index (χ4v) is 3.54. The molecule has 22 heavy (non-hydrogen) atoms. The average Bonchev–Trinajstić information content (AvgIpc) is 3.20. The zero-order valence-corrected chi connectivity index (χ0v) is 13.4. The Morgan fingerprint density at radius 3 is 2.73 bits per heavy atom. The number of benzene rings is 1. The topological polar surface area (TPSA) is 45.4 Å². The van der Waals surface area contributed by atoms with Crippen LogP contribution in [0.5, 0.6) is 0 Å². The van der Waals surface area contributed by atoms with E-state index in [-0.39, 0.29) is 12.6 Å². The monoisotopic (exact) mass is 333 g/mol. The molecule has 0 radical (unpaired) electrons. The standard InChI is InChI=1S/C17H16ClNO2S/c18-14-5-2-1-4-13(14)17-8-7-12(22-17)10-19-15(11-20)16-6-3-9-21-16/h1-9,15,19-20H,10-11H2. The Morgan fingerprint density at radius 2 is 2.00 bits per heavy atom. The van der Waals surface area contributed by atoms with E-state index in [9.17, 15) is 5.11 Å². The van der Waals surface area contributed by atoms with E-state index in [2.05, 4.69) is 17.4 Å². The third-order valence-electron chi connectivity index (χ3n) is 3.39. The van der Waals surface area contributed by atoms with Gasteiger partial charge in [0.1, 0.15) is 5.76 Å². The van der Waals surface area contributed by atoms with Crippen LogP contribution in [-0.4, -0.2) is 11.7 Å². The molecule has 3 aromatic rings. The third-order valence-corrected chi connectivity index (χ3v) is 4.84. The number of hydrogen-bond acceptors (Lipinski definition) is 4. The molecule has 3 nitrogen and oxygen atoms in total. The van der Waals surface area contributed by atoms with Crippen LogP contribution in [0.3, 0.4) is 0 Å². The molecule has 1 atom stereocenters. The first-order valence-corrected chi connectivity index (χ1v) is 8.18. The van der Waals surface area contributed by atoms with Gasteiger partial charge in [0.15, 0.2) is 0 Å². The zero-order valence-electron chi connectivity index (χ0n) is 11.8. The number of nitrogens with one attached hydrogen (secondary N) is 1. The normalized spacial score (nSPS) is 12.5. The number of aliphatic hydroxyl groups is 1. The quantitative estimate of drug-likeness (QED) is 0.699. The van der Waals surface area contributed by atoms with Gasteiger partial charge in [-0.05, 0) is 30.3 Å². The maximum atomic E-state index is 9.46. The highest BCUT2D eigenvalue weighted by atomic mass is 35.5. The van der Waals surface area contributed by atoms with Crippen molar-refractivity contribution < 1.29 is 9.52 Å². The first-order chi connectivity index (χ1) is 10.8. The van der Waals surface area contributed by atoms with Crippen molar-refractivity contribution in [2.75, 3.05) is 6.61 Å². The minimum absolute atomic E-state index is 0.00371. The summed E-state index contributed by atoms with van der Waals surface area (Å²) >= 11 is 7.92. The summed E-state index contributed by atoms with van der Waals surface area (Å²) in [4.78, 5) is 2.32. The molecule has 0 aliphatic carbocycles. The smallest absolute Gasteiger partial charge is 0.123 e. The summed E-state index contributed by atoms with van der Waals surface area (Å²) in [6.45, 7) is 0.664. The lowest BCUT2D eigenvalue weighted by Crippen LogP contribution is -2.23. The van der Waals surface area contributed by atoms with E-state index in [1.807, 2.05) is 36.4 Å². The predicted molar refractivity (Wildman–Crippen MR) is 90.1 cm³/mol. The SMILES string of the molecule is OCC(NCc1ccc(-c2ccccc2Cl)s1)c1ccco1. The highest BCUT2D eigenvalue weighted by Gasteiger charge is 2.13. The molecule has 0 spiro atoms. The lowest BCUT2D eigenvalue weighted by atomic mass is 10.2. The van der Waals surface area contributed by atoms with Crippen molar-refractivity contribution in [3.8, 4) is 10.4 Å². The van der Waals surface area contributed by atoms with Crippen LogP contribution >= 0.6 is 22.9 Å². The minimum atomic E-state index is -0.194. The maximum absolute atomic E-state index is 9.46. The van der Waals surface area contributed by atoms with Crippen LogP contribution < -0.4 is 5.32 Å². The van der Waals surface area contributed by atoms with Gasteiger partial charge in [-0.15, -0.1) is 11.3 Å². The van der Waals surface area contributed by atoms with Crippen molar-refractivity contribution >= 4 is 22.9 Å². The van der Waals surface area contributed by atoms with Crippen molar-refractivity contribution in [1.82, 2.24) is 5.32 Å². The molecule has 0 bridgehead atoms. The van der Waals surface area contributed by atoms with Gasteiger partial charge in [-0.1, -0.05) is 29.8 Å². The average molecular weight is 334 g/mol. The largest absolute Gasteiger partial charge is 0.468 e. The molecule has 2 heterocycles. The Labute approximate surface area is 138 Å². The van der Waals surface area contributed by atoms with Crippen molar-refractivity contribution in [3.63, 3.8) is 0 Å². The van der Waals surface area contributed by atoms with E-state index >= 15 is 0 Å². The Bertz CT molecular complexity index is 724. The van der Waals surface area contributed by atoms with Crippen molar-refractivity contribution in [2.24, 2.45) is 0 Å². The molecule has 3 rings (SSSR count). The van der Waals surface area contributed by atoms with E-state index in [0.717, 1.165) is 21.2 Å². The van der Waals surface area contributed by atoms with Gasteiger partial charge in [0.25, 0.3) is 0 Å². The molecule has 5 heteroatoms. The Kier molecular flexibility index (Phi) is 4.95. The molecule has 0 saturated heterocycles. The number of aliphatic hydroxyl groups excluding tert-OH is 1. The lowest BCUT2D eigenvalue weighted by Gasteiger charge is -2.12. The summed E-state index contributed by atoms with van der Waals surface area (Å²) in [6.07, 6.45) is 1.61. The van der Waals surface area contributed by atoms with Crippen molar-refractivity contribution in [2.45, 2.75) is 12.6 Å². The number of furan rings is 1. The number of thiophene rings is 1. The summed E-state index contributed by atoms with van der Waals surface area (Å²) in [5.74, 6) is 0.741. The van der Waals surface area contributed by atoms with E-state index < -0.39 is 0 Å². The highest BCUT2D eigenvalue weighted by molar-refractivity contribution is 7.15. The molecule has 0 fully saturated rings. The summed E-state index contributed by atoms with van der Waals surface area (Å²) in [5.41, 5.74) is 1.05. The summed E-state index contributed by atoms with van der Waals surface area (Å²) in [7, 11) is 0. The third kappa shape index (κ3) is 3.42. The van der Waals surface area contributed by atoms with E-state index in [0.29, 0.717) is 6.54 Å². The number of halogens is 1. The Balaban J connectivity index is 1.68. The van der Waals surface area contributed by atoms with Crippen molar-refractivity contribution in [1.29, 1.82) is 0 Å². The van der Waals surface area contributed by atoms with Crippen LogP contribution in [0.15, 0.2) is 59.2 Å². The Morgan fingerprint density at radius 1 is 1.14 bits per heavy atom. The maximum Gasteiger partial charge on any atom is 0.123 e. The molecule has 2 aromatic heterocycles. The number of rotatable bonds is 6. The van der Waals surface area contributed by atoms with Crippen LogP contribution in [0.1, 0.15) is 16.7 Å². The molecule has 0 amide bonds. The van der Waals surface area contributed by atoms with Crippen LogP contribution in [0.4, 0.5) is 0 Å². The molecule has 1 aromatic carbocycles. The minimum Gasteiger partial charge on any atom is -0.468 e. The van der Waals surface area contributed by atoms with Crippen molar-refractivity contribution in [3.05, 3.63) is 70.5 Å². The van der Waals surface area contributed by atoms with Crippen LogP contribution in [-0.2, 0) is 6.54 Å². The van der Waals surface area contributed by atoms with Gasteiger partial charge in [0.05, 0.1) is 18.9 Å². The fraction of sp³-hybridized carbons (Fsp3) is 0.176.